The highest BCUT2D eigenvalue weighted by atomic mass is 32.1. The second-order valence-corrected chi connectivity index (χ2v) is 33.2. The Morgan fingerprint density at radius 1 is 0.614 bits per heavy atom. The topological polar surface area (TPSA) is 6.48 Å². The van der Waals surface area contributed by atoms with Gasteiger partial charge in [-0.3, -0.25) is 0 Å². The number of benzene rings is 5. The van der Waals surface area contributed by atoms with Crippen LogP contribution in [0.2, 0.25) is 39.3 Å². The third-order valence-electron chi connectivity index (χ3n) is 13.6. The van der Waals surface area contributed by atoms with E-state index in [4.69, 9.17) is 0 Å². The van der Waals surface area contributed by atoms with Crippen LogP contribution in [-0.4, -0.2) is 22.9 Å². The molecule has 3 heterocycles. The largest absolute Gasteiger partial charge is 0.311 e. The summed E-state index contributed by atoms with van der Waals surface area (Å²) < 4.78 is 2.83. The molecule has 57 heavy (non-hydrogen) atoms. The Morgan fingerprint density at radius 3 is 1.65 bits per heavy atom. The summed E-state index contributed by atoms with van der Waals surface area (Å²) in [5.74, 6) is 0. The molecule has 2 aliphatic heterocycles. The summed E-state index contributed by atoms with van der Waals surface area (Å²) in [5.41, 5.74) is 16.7. The quantitative estimate of drug-likeness (QED) is 0.164. The van der Waals surface area contributed by atoms with Crippen molar-refractivity contribution >= 4 is 104 Å². The highest BCUT2D eigenvalue weighted by Gasteiger charge is 2.48. The van der Waals surface area contributed by atoms with Crippen molar-refractivity contribution < 1.29 is 0 Å². The van der Waals surface area contributed by atoms with Gasteiger partial charge in [0.05, 0.1) is 21.8 Å². The number of fused-ring (bicyclic) bond motifs is 7. The first-order chi connectivity index (χ1) is 26.5. The number of aryl methyl sites for hydroxylation is 1. The van der Waals surface area contributed by atoms with Gasteiger partial charge in [-0.2, -0.15) is 0 Å². The lowest BCUT2D eigenvalue weighted by Gasteiger charge is -2.47. The molecule has 0 atom stereocenters. The van der Waals surface area contributed by atoms with Gasteiger partial charge in [-0.05, 0) is 124 Å². The fraction of sp³-hybridized carbons (Fsp3) is 0.373. The van der Waals surface area contributed by atoms with Crippen molar-refractivity contribution in [2.24, 2.45) is 0 Å². The van der Waals surface area contributed by atoms with Gasteiger partial charge in [0.2, 0.25) is 0 Å². The van der Waals surface area contributed by atoms with Crippen LogP contribution >= 0.6 is 11.3 Å². The van der Waals surface area contributed by atoms with Gasteiger partial charge in [-0.15, -0.1) is 11.3 Å². The molecule has 2 nitrogen and oxygen atoms in total. The van der Waals surface area contributed by atoms with Gasteiger partial charge >= 0.3 is 0 Å². The molecule has 0 saturated carbocycles. The molecule has 0 N–H and O–H groups in total. The molecule has 0 saturated heterocycles. The van der Waals surface area contributed by atoms with Gasteiger partial charge in [0.15, 0.2) is 0 Å². The summed E-state index contributed by atoms with van der Waals surface area (Å²) in [7, 11) is -2.98. The maximum Gasteiger partial charge on any atom is 0.264 e. The van der Waals surface area contributed by atoms with Gasteiger partial charge in [0.25, 0.3) is 6.71 Å². The number of nitrogens with zero attached hydrogens (tertiary/aromatic N) is 2. The van der Waals surface area contributed by atoms with Crippen LogP contribution in [0.25, 0.3) is 10.1 Å². The van der Waals surface area contributed by atoms with E-state index < -0.39 is 16.1 Å². The van der Waals surface area contributed by atoms with Crippen molar-refractivity contribution in [1.82, 2.24) is 0 Å². The van der Waals surface area contributed by atoms with Crippen molar-refractivity contribution in [3.63, 3.8) is 0 Å². The van der Waals surface area contributed by atoms with E-state index in [9.17, 15) is 0 Å². The lowest BCUT2D eigenvalue weighted by molar-refractivity contribution is 0.332. The minimum atomic E-state index is -1.49. The molecule has 5 aromatic carbocycles. The summed E-state index contributed by atoms with van der Waals surface area (Å²) >= 11 is 2.02. The monoisotopic (exact) mass is 800 g/mol. The fourth-order valence-corrected chi connectivity index (χ4v) is 13.5. The number of thiophene rings is 1. The molecule has 6 aromatic rings. The Balaban J connectivity index is 1.40. The first-order valence-electron chi connectivity index (χ1n) is 21.3. The van der Waals surface area contributed by atoms with Crippen LogP contribution in [0.4, 0.5) is 34.1 Å². The van der Waals surface area contributed by atoms with E-state index in [1.165, 1.54) is 105 Å². The lowest BCUT2D eigenvalue weighted by atomic mass is 9.35. The van der Waals surface area contributed by atoms with Crippen molar-refractivity contribution in [3.8, 4) is 0 Å². The molecule has 1 aliphatic carbocycles. The molecule has 292 valence electrons. The highest BCUT2D eigenvalue weighted by molar-refractivity contribution is 7.33. The summed E-state index contributed by atoms with van der Waals surface area (Å²) in [6, 6.07) is 36.9. The average Bonchev–Trinajstić information content (AvgIpc) is 3.50. The minimum absolute atomic E-state index is 0.0452. The van der Waals surface area contributed by atoms with Gasteiger partial charge < -0.3 is 9.80 Å². The first kappa shape index (κ1) is 38.7. The summed E-state index contributed by atoms with van der Waals surface area (Å²) in [6.45, 7) is 34.1. The predicted octanol–water partition coefficient (Wildman–Crippen LogP) is 12.0. The van der Waals surface area contributed by atoms with E-state index in [2.05, 4.69) is 195 Å². The Morgan fingerprint density at radius 2 is 1.12 bits per heavy atom. The third kappa shape index (κ3) is 6.14. The Labute approximate surface area is 349 Å². The zero-order valence-corrected chi connectivity index (χ0v) is 39.8. The average molecular weight is 801 g/mol. The van der Waals surface area contributed by atoms with E-state index in [0.29, 0.717) is 0 Å². The smallest absolute Gasteiger partial charge is 0.264 e. The molecule has 1 aromatic heterocycles. The van der Waals surface area contributed by atoms with Crippen molar-refractivity contribution in [2.45, 2.75) is 124 Å². The van der Waals surface area contributed by atoms with E-state index in [-0.39, 0.29) is 23.0 Å². The van der Waals surface area contributed by atoms with Crippen molar-refractivity contribution in [2.75, 3.05) is 9.80 Å². The molecule has 0 radical (unpaired) electrons. The van der Waals surface area contributed by atoms with Crippen LogP contribution in [0.1, 0.15) is 83.6 Å². The maximum absolute atomic E-state index is 2.68. The highest BCUT2D eigenvalue weighted by Crippen LogP contribution is 2.52. The van der Waals surface area contributed by atoms with Crippen LogP contribution in [0.15, 0.2) is 91.0 Å². The Bertz CT molecular complexity index is 2600. The summed E-state index contributed by atoms with van der Waals surface area (Å²) in [6.07, 6.45) is 2.40. The fourth-order valence-electron chi connectivity index (χ4n) is 9.91. The first-order valence-corrected chi connectivity index (χ1v) is 29.1. The molecule has 0 amide bonds. The van der Waals surface area contributed by atoms with Crippen LogP contribution in [-0.2, 0) is 16.2 Å². The van der Waals surface area contributed by atoms with Gasteiger partial charge in [-0.25, -0.2) is 0 Å². The van der Waals surface area contributed by atoms with E-state index >= 15 is 0 Å². The zero-order valence-electron chi connectivity index (χ0n) is 37.0. The molecule has 0 unspecified atom stereocenters. The molecule has 3 aliphatic rings. The van der Waals surface area contributed by atoms with E-state index in [1.807, 2.05) is 11.3 Å². The zero-order chi connectivity index (χ0) is 40.8. The molecular formula is C51H61BN2SSi2. The van der Waals surface area contributed by atoms with Gasteiger partial charge in [0.1, 0.15) is 0 Å². The third-order valence-corrected chi connectivity index (χ3v) is 19.0. The predicted molar refractivity (Wildman–Crippen MR) is 261 cm³/mol. The molecule has 0 fully saturated rings. The lowest BCUT2D eigenvalue weighted by Crippen LogP contribution is -2.61. The number of rotatable bonds is 4. The molecule has 9 rings (SSSR count). The SMILES string of the molecule is Cc1cc2c3c(c1)N(c1ccc([Si](C)(C)C)cc1)c1c(sc4ccc(C(C)(C)C)cc14)B3c1cc3c(cc1N2c1ccc([Si](C)(C)C)cc1)C(C)(C)CCC3(C)C. The second-order valence-electron chi connectivity index (χ2n) is 21.9. The van der Waals surface area contributed by atoms with Crippen LogP contribution in [0.3, 0.4) is 0 Å². The van der Waals surface area contributed by atoms with Gasteiger partial charge in [-0.1, -0.05) is 135 Å². The summed E-state index contributed by atoms with van der Waals surface area (Å²) in [4.78, 5) is 5.30. The number of hydrogen-bond donors (Lipinski definition) is 0. The van der Waals surface area contributed by atoms with Crippen LogP contribution in [0.5, 0.6) is 0 Å². The second kappa shape index (κ2) is 12.6. The maximum atomic E-state index is 2.68. The Hall–Kier alpha value is -3.84. The summed E-state index contributed by atoms with van der Waals surface area (Å²) in [5, 5.41) is 4.36. The molecule has 0 bridgehead atoms. The van der Waals surface area contributed by atoms with E-state index in [0.717, 1.165) is 0 Å². The van der Waals surface area contributed by atoms with Gasteiger partial charge in [0, 0.05) is 43.3 Å². The normalized spacial score (nSPS) is 17.0. The molecule has 0 spiro atoms. The number of hydrogen-bond acceptors (Lipinski definition) is 3. The number of anilines is 6. The van der Waals surface area contributed by atoms with Crippen molar-refractivity contribution in [3.05, 3.63) is 113 Å². The van der Waals surface area contributed by atoms with Crippen LogP contribution in [0, 0.1) is 6.92 Å². The molecule has 6 heteroatoms. The molecular weight excluding hydrogens is 740 g/mol. The van der Waals surface area contributed by atoms with E-state index in [1.54, 1.807) is 0 Å². The van der Waals surface area contributed by atoms with Crippen molar-refractivity contribution in [1.29, 1.82) is 0 Å². The standard InChI is InChI=1S/C51H61BN2SSi2/c1-32-27-43-46-44(28-32)54(35-18-22-37(23-19-35)57(12,13)14)47-38-29-33(49(2,3)4)15-24-45(38)55-48(47)52(46)41-30-39-40(51(7,8)26-25-50(39,5)6)31-42(41)53(43)34-16-20-36(21-17-34)56(9,10)11/h15-24,27-31H,25-26H2,1-14H3. The Kier molecular flexibility index (Phi) is 8.54. The van der Waals surface area contributed by atoms with Crippen LogP contribution < -0.4 is 35.9 Å². The minimum Gasteiger partial charge on any atom is -0.311 e.